The minimum Gasteiger partial charge on any atom is -0.454 e. The van der Waals surface area contributed by atoms with Crippen LogP contribution in [0.1, 0.15) is 35.7 Å². The van der Waals surface area contributed by atoms with Gasteiger partial charge in [0, 0.05) is 56.6 Å². The SMILES string of the molecule is C=CCN(CC1CCN(C(=O)N2CCOCC2)CC1)C(C)Cc1cccc(NC(=O)c2ccc3c(c2)OCO3)c1.Cl. The van der Waals surface area contributed by atoms with Crippen LogP contribution < -0.4 is 14.8 Å². The van der Waals surface area contributed by atoms with E-state index >= 15 is 0 Å². The average molecular weight is 585 g/mol. The lowest BCUT2D eigenvalue weighted by molar-refractivity contribution is 0.0388. The molecule has 3 aliphatic rings. The summed E-state index contributed by atoms with van der Waals surface area (Å²) in [5.74, 6) is 1.61. The van der Waals surface area contributed by atoms with Crippen molar-refractivity contribution >= 4 is 30.0 Å². The number of nitrogens with one attached hydrogen (secondary N) is 1. The number of hydrogen-bond acceptors (Lipinski definition) is 6. The summed E-state index contributed by atoms with van der Waals surface area (Å²) in [6.45, 7) is 12.5. The first-order chi connectivity index (χ1) is 19.5. The zero-order valence-corrected chi connectivity index (χ0v) is 24.6. The summed E-state index contributed by atoms with van der Waals surface area (Å²) in [7, 11) is 0. The smallest absolute Gasteiger partial charge is 0.320 e. The van der Waals surface area contributed by atoms with Crippen molar-refractivity contribution in [2.24, 2.45) is 5.92 Å². The molecule has 3 aliphatic heterocycles. The number of carbonyl (C=O) groups is 2. The predicted molar refractivity (Wildman–Crippen MR) is 161 cm³/mol. The maximum absolute atomic E-state index is 12.9. The van der Waals surface area contributed by atoms with Crippen LogP contribution in [-0.4, -0.2) is 92.0 Å². The Morgan fingerprint density at radius 3 is 2.54 bits per heavy atom. The Hall–Kier alpha value is -3.27. The fourth-order valence-corrected chi connectivity index (χ4v) is 5.68. The Morgan fingerprint density at radius 2 is 1.78 bits per heavy atom. The first-order valence-corrected chi connectivity index (χ1v) is 14.3. The molecule has 5 rings (SSSR count). The molecule has 2 aromatic rings. The number of rotatable bonds is 9. The molecule has 3 amide bonds. The van der Waals surface area contributed by atoms with Gasteiger partial charge in [0.1, 0.15) is 0 Å². The van der Waals surface area contributed by atoms with Crippen molar-refractivity contribution in [2.75, 3.05) is 64.6 Å². The summed E-state index contributed by atoms with van der Waals surface area (Å²) in [4.78, 5) is 32.1. The molecule has 9 nitrogen and oxygen atoms in total. The highest BCUT2D eigenvalue weighted by Gasteiger charge is 2.29. The summed E-state index contributed by atoms with van der Waals surface area (Å²) in [6, 6.07) is 13.7. The lowest BCUT2D eigenvalue weighted by Gasteiger charge is -2.39. The van der Waals surface area contributed by atoms with E-state index in [-0.39, 0.29) is 31.1 Å². The topological polar surface area (TPSA) is 83.6 Å². The third kappa shape index (κ3) is 7.93. The van der Waals surface area contributed by atoms with Gasteiger partial charge in [-0.15, -0.1) is 19.0 Å². The van der Waals surface area contributed by atoms with E-state index in [4.69, 9.17) is 14.2 Å². The largest absolute Gasteiger partial charge is 0.454 e. The molecule has 41 heavy (non-hydrogen) atoms. The highest BCUT2D eigenvalue weighted by atomic mass is 35.5. The number of anilines is 1. The predicted octanol–water partition coefficient (Wildman–Crippen LogP) is 4.67. The third-order valence-electron chi connectivity index (χ3n) is 8.00. The third-order valence-corrected chi connectivity index (χ3v) is 8.00. The van der Waals surface area contributed by atoms with Gasteiger partial charge >= 0.3 is 6.03 Å². The molecule has 0 radical (unpaired) electrons. The van der Waals surface area contributed by atoms with E-state index in [1.807, 2.05) is 34.1 Å². The molecule has 1 N–H and O–H groups in total. The second-order valence-electron chi connectivity index (χ2n) is 10.8. The summed E-state index contributed by atoms with van der Waals surface area (Å²) in [5.41, 5.74) is 2.45. The van der Waals surface area contributed by atoms with Crippen LogP contribution >= 0.6 is 12.4 Å². The molecule has 0 saturated carbocycles. The van der Waals surface area contributed by atoms with Crippen molar-refractivity contribution < 1.29 is 23.8 Å². The van der Waals surface area contributed by atoms with Crippen molar-refractivity contribution in [3.63, 3.8) is 0 Å². The second-order valence-corrected chi connectivity index (χ2v) is 10.8. The van der Waals surface area contributed by atoms with E-state index < -0.39 is 0 Å². The van der Waals surface area contributed by atoms with Crippen LogP contribution in [0.2, 0.25) is 0 Å². The maximum atomic E-state index is 12.9. The van der Waals surface area contributed by atoms with Crippen LogP contribution in [0.4, 0.5) is 10.5 Å². The molecule has 0 aromatic heterocycles. The van der Waals surface area contributed by atoms with Crippen LogP contribution in [0.5, 0.6) is 11.5 Å². The number of benzene rings is 2. The lowest BCUT2D eigenvalue weighted by Crippen LogP contribution is -2.51. The van der Waals surface area contributed by atoms with Gasteiger partial charge in [-0.25, -0.2) is 4.79 Å². The van der Waals surface area contributed by atoms with Gasteiger partial charge in [0.15, 0.2) is 11.5 Å². The number of halogens is 1. The Bertz CT molecular complexity index is 1200. The number of likely N-dealkylation sites (tertiary alicyclic amines) is 1. The van der Waals surface area contributed by atoms with Crippen LogP contribution in [0.25, 0.3) is 0 Å². The van der Waals surface area contributed by atoms with Crippen molar-refractivity contribution in [1.82, 2.24) is 14.7 Å². The van der Waals surface area contributed by atoms with Crippen molar-refractivity contribution in [2.45, 2.75) is 32.2 Å². The Balaban J connectivity index is 0.00000387. The minimum absolute atomic E-state index is 0. The fraction of sp³-hybridized carbons (Fsp3) is 0.484. The number of hydrogen-bond donors (Lipinski definition) is 1. The van der Waals surface area contributed by atoms with Gasteiger partial charge in [0.25, 0.3) is 5.91 Å². The van der Waals surface area contributed by atoms with E-state index in [2.05, 4.69) is 29.8 Å². The lowest BCUT2D eigenvalue weighted by atomic mass is 9.95. The number of carbonyl (C=O) groups excluding carboxylic acids is 2. The van der Waals surface area contributed by atoms with Crippen molar-refractivity contribution in [1.29, 1.82) is 0 Å². The van der Waals surface area contributed by atoms with E-state index in [0.717, 1.165) is 56.7 Å². The van der Waals surface area contributed by atoms with Crippen LogP contribution in [-0.2, 0) is 11.2 Å². The van der Waals surface area contributed by atoms with Crippen LogP contribution in [0.3, 0.4) is 0 Å². The van der Waals surface area contributed by atoms with E-state index in [0.29, 0.717) is 55.3 Å². The molecule has 2 fully saturated rings. The molecule has 222 valence electrons. The molecule has 2 aromatic carbocycles. The molecule has 1 unspecified atom stereocenters. The molecular formula is C31H41ClN4O5. The number of nitrogens with zero attached hydrogens (tertiary/aromatic N) is 3. The van der Waals surface area contributed by atoms with Crippen LogP contribution in [0.15, 0.2) is 55.1 Å². The van der Waals surface area contributed by atoms with Crippen LogP contribution in [0, 0.1) is 5.92 Å². The van der Waals surface area contributed by atoms with Gasteiger partial charge in [-0.3, -0.25) is 9.69 Å². The van der Waals surface area contributed by atoms with Gasteiger partial charge in [-0.1, -0.05) is 18.2 Å². The number of urea groups is 1. The fourth-order valence-electron chi connectivity index (χ4n) is 5.68. The first-order valence-electron chi connectivity index (χ1n) is 14.3. The maximum Gasteiger partial charge on any atom is 0.320 e. The minimum atomic E-state index is -0.185. The van der Waals surface area contributed by atoms with E-state index in [1.54, 1.807) is 18.2 Å². The van der Waals surface area contributed by atoms with Gasteiger partial charge in [0.2, 0.25) is 6.79 Å². The molecule has 3 heterocycles. The van der Waals surface area contributed by atoms with Gasteiger partial charge in [-0.2, -0.15) is 0 Å². The van der Waals surface area contributed by atoms with Crippen molar-refractivity contribution in [3.05, 3.63) is 66.2 Å². The zero-order valence-electron chi connectivity index (χ0n) is 23.8. The molecule has 0 spiro atoms. The Kier molecular flexibility index (Phi) is 10.9. The average Bonchev–Trinajstić information content (AvgIpc) is 3.46. The Labute approximate surface area is 248 Å². The summed E-state index contributed by atoms with van der Waals surface area (Å²) in [5, 5.41) is 3.01. The normalized spacial score (nSPS) is 17.6. The number of morpholine rings is 1. The Morgan fingerprint density at radius 1 is 1.05 bits per heavy atom. The zero-order chi connectivity index (χ0) is 27.9. The number of amides is 3. The standard InChI is InChI=1S/C31H40N4O5.ClH/c1-3-11-35(21-24-9-12-33(13-10-24)31(37)34-14-16-38-17-15-34)23(2)18-25-5-4-6-27(19-25)32-30(36)26-7-8-28-29(20-26)40-22-39-28;/h3-8,19-20,23-24H,1,9-18,21-22H2,2H3,(H,32,36);1H. The monoisotopic (exact) mass is 584 g/mol. The van der Waals surface area contributed by atoms with E-state index in [9.17, 15) is 9.59 Å². The molecule has 1 atom stereocenters. The van der Waals surface area contributed by atoms with Crippen molar-refractivity contribution in [3.8, 4) is 11.5 Å². The second kappa shape index (κ2) is 14.6. The molecular weight excluding hydrogens is 544 g/mol. The quantitative estimate of drug-likeness (QED) is 0.431. The van der Waals surface area contributed by atoms with Gasteiger partial charge in [-0.05, 0) is 68.0 Å². The molecule has 0 bridgehead atoms. The number of piperidine rings is 1. The first kappa shape index (κ1) is 30.7. The highest BCUT2D eigenvalue weighted by molar-refractivity contribution is 6.04. The highest BCUT2D eigenvalue weighted by Crippen LogP contribution is 2.32. The summed E-state index contributed by atoms with van der Waals surface area (Å²) in [6.07, 6.45) is 4.85. The summed E-state index contributed by atoms with van der Waals surface area (Å²) >= 11 is 0. The molecule has 2 saturated heterocycles. The van der Waals surface area contributed by atoms with Gasteiger partial charge in [0.05, 0.1) is 13.2 Å². The molecule has 0 aliphatic carbocycles. The van der Waals surface area contributed by atoms with E-state index in [1.165, 1.54) is 0 Å². The van der Waals surface area contributed by atoms with Gasteiger partial charge < -0.3 is 29.3 Å². The number of fused-ring (bicyclic) bond motifs is 1. The number of ether oxygens (including phenoxy) is 3. The summed E-state index contributed by atoms with van der Waals surface area (Å²) < 4.78 is 16.1. The molecule has 10 heteroatoms.